The van der Waals surface area contributed by atoms with Gasteiger partial charge in [0, 0.05) is 5.54 Å². The van der Waals surface area contributed by atoms with E-state index in [1.807, 2.05) is 0 Å². The molecule has 5 N–H and O–H groups in total. The van der Waals surface area contributed by atoms with E-state index in [2.05, 4.69) is 5.32 Å². The summed E-state index contributed by atoms with van der Waals surface area (Å²) in [5.74, 6) is -1.78. The fraction of sp³-hybridized carbons (Fsp3) is 0.818. The first-order valence-electron chi connectivity index (χ1n) is 5.42. The first-order valence-corrected chi connectivity index (χ1v) is 5.42. The summed E-state index contributed by atoms with van der Waals surface area (Å²) in [6, 6.07) is -1.33. The molecule has 0 aliphatic heterocycles. The zero-order valence-electron chi connectivity index (χ0n) is 10.9. The molecule has 1 amide bonds. The van der Waals surface area contributed by atoms with E-state index in [1.165, 1.54) is 6.92 Å². The van der Waals surface area contributed by atoms with E-state index in [1.54, 1.807) is 27.7 Å². The van der Waals surface area contributed by atoms with Crippen LogP contribution in [-0.2, 0) is 9.59 Å². The van der Waals surface area contributed by atoms with Gasteiger partial charge in [0.1, 0.15) is 0 Å². The molecule has 0 aromatic heterocycles. The van der Waals surface area contributed by atoms with E-state index >= 15 is 0 Å². The van der Waals surface area contributed by atoms with Crippen LogP contribution in [0.15, 0.2) is 0 Å². The molecule has 0 fully saturated rings. The van der Waals surface area contributed by atoms with Gasteiger partial charge in [0.25, 0.3) is 0 Å². The summed E-state index contributed by atoms with van der Waals surface area (Å²) in [5, 5.41) is 20.4. The smallest absolute Gasteiger partial charge is 0.328 e. The summed E-state index contributed by atoms with van der Waals surface area (Å²) in [7, 11) is 0. The number of hydrogen-bond donors (Lipinski definition) is 4. The van der Waals surface area contributed by atoms with E-state index in [9.17, 15) is 14.7 Å². The molecule has 0 spiro atoms. The number of nitrogens with two attached hydrogens (primary N) is 1. The minimum absolute atomic E-state index is 0.502. The number of nitrogens with one attached hydrogen (secondary N) is 1. The molecule has 0 aliphatic carbocycles. The minimum Gasteiger partial charge on any atom is -0.480 e. The maximum Gasteiger partial charge on any atom is 0.328 e. The highest BCUT2D eigenvalue weighted by molar-refractivity contribution is 5.88. The Hall–Kier alpha value is -1.14. The summed E-state index contributed by atoms with van der Waals surface area (Å²) in [4.78, 5) is 22.8. The van der Waals surface area contributed by atoms with Crippen LogP contribution < -0.4 is 11.1 Å². The topological polar surface area (TPSA) is 113 Å². The van der Waals surface area contributed by atoms with Gasteiger partial charge in [-0.3, -0.25) is 4.79 Å². The quantitative estimate of drug-likeness (QED) is 0.532. The predicted octanol–water partition coefficient (Wildman–Crippen LogP) is -0.300. The third kappa shape index (κ3) is 3.67. The summed E-state index contributed by atoms with van der Waals surface area (Å²) in [6.45, 7) is 7.93. The van der Waals surface area contributed by atoms with Crippen molar-refractivity contribution in [3.05, 3.63) is 0 Å². The van der Waals surface area contributed by atoms with Crippen molar-refractivity contribution in [3.8, 4) is 0 Å². The number of rotatable bonds is 5. The van der Waals surface area contributed by atoms with Crippen molar-refractivity contribution in [1.29, 1.82) is 0 Å². The van der Waals surface area contributed by atoms with Crippen molar-refractivity contribution in [1.82, 2.24) is 5.32 Å². The van der Waals surface area contributed by atoms with Crippen LogP contribution in [0.2, 0.25) is 0 Å². The van der Waals surface area contributed by atoms with Gasteiger partial charge < -0.3 is 21.3 Å². The van der Waals surface area contributed by atoms with Crippen LogP contribution in [-0.4, -0.2) is 39.8 Å². The Morgan fingerprint density at radius 3 is 1.88 bits per heavy atom. The third-order valence-electron chi connectivity index (χ3n) is 3.21. The summed E-state index contributed by atoms with van der Waals surface area (Å²) >= 11 is 0. The Labute approximate surface area is 101 Å². The molecule has 6 heteroatoms. The molecule has 100 valence electrons. The Balaban J connectivity index is 4.92. The van der Waals surface area contributed by atoms with Crippen LogP contribution in [0.3, 0.4) is 0 Å². The highest BCUT2D eigenvalue weighted by Gasteiger charge is 2.42. The molecule has 0 bridgehead atoms. The maximum absolute atomic E-state index is 12.0. The van der Waals surface area contributed by atoms with Gasteiger partial charge in [-0.05, 0) is 34.6 Å². The van der Waals surface area contributed by atoms with Gasteiger partial charge in [-0.25, -0.2) is 4.79 Å². The van der Waals surface area contributed by atoms with Crippen molar-refractivity contribution >= 4 is 11.9 Å². The average molecular weight is 246 g/mol. The number of carboxylic acids is 1. The number of carbonyl (C=O) groups excluding carboxylic acids is 1. The van der Waals surface area contributed by atoms with Gasteiger partial charge in [0.15, 0.2) is 6.04 Å². The van der Waals surface area contributed by atoms with Gasteiger partial charge in [0.2, 0.25) is 5.91 Å². The van der Waals surface area contributed by atoms with Crippen molar-refractivity contribution in [3.63, 3.8) is 0 Å². The second-order valence-corrected chi connectivity index (χ2v) is 5.38. The lowest BCUT2D eigenvalue weighted by Crippen LogP contribution is -2.59. The normalized spacial score (nSPS) is 16.2. The fourth-order valence-corrected chi connectivity index (χ4v) is 1.00. The lowest BCUT2D eigenvalue weighted by Gasteiger charge is -2.37. The van der Waals surface area contributed by atoms with Gasteiger partial charge >= 0.3 is 5.97 Å². The van der Waals surface area contributed by atoms with E-state index in [0.717, 1.165) is 0 Å². The molecular weight excluding hydrogens is 224 g/mol. The first-order chi connectivity index (χ1) is 7.41. The molecule has 2 atom stereocenters. The number of carbonyl (C=O) groups is 2. The van der Waals surface area contributed by atoms with E-state index < -0.39 is 35.0 Å². The second-order valence-electron chi connectivity index (χ2n) is 5.38. The molecule has 0 unspecified atom stereocenters. The largest absolute Gasteiger partial charge is 0.480 e. The maximum atomic E-state index is 12.0. The van der Waals surface area contributed by atoms with Crippen molar-refractivity contribution in [2.24, 2.45) is 11.1 Å². The minimum atomic E-state index is -1.33. The SMILES string of the molecule is C[C@@H](O)[C@H](NC(=O)C(C)(C)C(C)(C)N)C(=O)O. The molecule has 0 heterocycles. The standard InChI is InChI=1S/C11H22N2O4/c1-6(14)7(8(15)16)13-9(17)10(2,3)11(4,5)12/h6-7,14H,12H2,1-5H3,(H,13,17)(H,15,16)/t6-,7+/m1/s1. The molecule has 0 aromatic rings. The molecule has 0 saturated heterocycles. The Morgan fingerprint density at radius 2 is 1.65 bits per heavy atom. The molecule has 0 radical (unpaired) electrons. The molecule has 0 rings (SSSR count). The Morgan fingerprint density at radius 1 is 1.24 bits per heavy atom. The third-order valence-corrected chi connectivity index (χ3v) is 3.21. The number of aliphatic hydroxyl groups excluding tert-OH is 1. The number of aliphatic hydroxyl groups is 1. The monoisotopic (exact) mass is 246 g/mol. The molecule has 0 saturated carbocycles. The van der Waals surface area contributed by atoms with Crippen LogP contribution in [0.5, 0.6) is 0 Å². The molecule has 0 aliphatic rings. The van der Waals surface area contributed by atoms with Crippen LogP contribution >= 0.6 is 0 Å². The van der Waals surface area contributed by atoms with Crippen molar-refractivity contribution < 1.29 is 19.8 Å². The Bertz CT molecular complexity index is 305. The number of hydrogen-bond acceptors (Lipinski definition) is 4. The molecule has 6 nitrogen and oxygen atoms in total. The lowest BCUT2D eigenvalue weighted by molar-refractivity contribution is -0.147. The summed E-state index contributed by atoms with van der Waals surface area (Å²) in [5.41, 5.74) is 4.12. The highest BCUT2D eigenvalue weighted by atomic mass is 16.4. The second kappa shape index (κ2) is 5.01. The van der Waals surface area contributed by atoms with Gasteiger partial charge in [-0.1, -0.05) is 0 Å². The zero-order chi connectivity index (χ0) is 14.0. The highest BCUT2D eigenvalue weighted by Crippen LogP contribution is 2.28. The molecule has 17 heavy (non-hydrogen) atoms. The lowest BCUT2D eigenvalue weighted by atomic mass is 9.74. The van der Waals surface area contributed by atoms with Crippen molar-refractivity contribution in [2.45, 2.75) is 52.3 Å². The van der Waals surface area contributed by atoms with Crippen molar-refractivity contribution in [2.75, 3.05) is 0 Å². The van der Waals surface area contributed by atoms with Crippen LogP contribution in [0.1, 0.15) is 34.6 Å². The van der Waals surface area contributed by atoms with Crippen LogP contribution in [0.4, 0.5) is 0 Å². The average Bonchev–Trinajstić information content (AvgIpc) is 2.10. The Kier molecular flexibility index (Phi) is 4.68. The van der Waals surface area contributed by atoms with Crippen LogP contribution in [0, 0.1) is 5.41 Å². The summed E-state index contributed by atoms with van der Waals surface area (Å²) in [6.07, 6.45) is -1.17. The van der Waals surface area contributed by atoms with E-state index in [4.69, 9.17) is 10.8 Å². The summed E-state index contributed by atoms with van der Waals surface area (Å²) < 4.78 is 0. The van der Waals surface area contributed by atoms with E-state index in [-0.39, 0.29) is 0 Å². The van der Waals surface area contributed by atoms with Gasteiger partial charge in [-0.2, -0.15) is 0 Å². The number of amides is 1. The van der Waals surface area contributed by atoms with Crippen LogP contribution in [0.25, 0.3) is 0 Å². The van der Waals surface area contributed by atoms with Gasteiger partial charge in [-0.15, -0.1) is 0 Å². The molecular formula is C11H22N2O4. The molecule has 0 aromatic carbocycles. The predicted molar refractivity (Wildman–Crippen MR) is 63.3 cm³/mol. The first kappa shape index (κ1) is 15.9. The zero-order valence-corrected chi connectivity index (χ0v) is 10.9. The van der Waals surface area contributed by atoms with Gasteiger partial charge in [0.05, 0.1) is 11.5 Å². The fourth-order valence-electron chi connectivity index (χ4n) is 1.00. The van der Waals surface area contributed by atoms with E-state index in [0.29, 0.717) is 0 Å². The number of aliphatic carboxylic acids is 1. The number of carboxylic acid groups (broad SMARTS) is 1.